The summed E-state index contributed by atoms with van der Waals surface area (Å²) >= 11 is 0. The van der Waals surface area contributed by atoms with Crippen LogP contribution in [0.2, 0.25) is 0 Å². The molecule has 0 aromatic heterocycles. The molecule has 2 unspecified atom stereocenters. The van der Waals surface area contributed by atoms with Crippen molar-refractivity contribution in [1.82, 2.24) is 4.90 Å². The zero-order valence-electron chi connectivity index (χ0n) is 8.14. The number of hydrogen-bond acceptors (Lipinski definition) is 3. The number of nitrogens with zero attached hydrogens (tertiary/aromatic N) is 2. The van der Waals surface area contributed by atoms with Crippen LogP contribution in [0.25, 0.3) is 0 Å². The van der Waals surface area contributed by atoms with Crippen molar-refractivity contribution in [2.45, 2.75) is 20.0 Å². The van der Waals surface area contributed by atoms with Gasteiger partial charge in [0.05, 0.1) is 6.10 Å². The van der Waals surface area contributed by atoms with Gasteiger partial charge < -0.3 is 10.0 Å². The van der Waals surface area contributed by atoms with E-state index in [4.69, 9.17) is 0 Å². The molecule has 0 radical (unpaired) electrons. The van der Waals surface area contributed by atoms with E-state index < -0.39 is 0 Å². The number of aliphatic imine (C=N–C) groups is 1. The molecule has 3 nitrogen and oxygen atoms in total. The largest absolute Gasteiger partial charge is 0.389 e. The molecule has 2 heterocycles. The number of likely N-dealkylation sites (tertiary alicyclic amines) is 1. The average Bonchev–Trinajstić information content (AvgIpc) is 2.05. The molecular formula is C10H16N2O. The Balaban J connectivity index is 2.06. The first kappa shape index (κ1) is 8.75. The summed E-state index contributed by atoms with van der Waals surface area (Å²) in [5.74, 6) is 2.18. The summed E-state index contributed by atoms with van der Waals surface area (Å²) in [4.78, 5) is 6.53. The minimum absolute atomic E-state index is 0.142. The molecule has 2 rings (SSSR count). The fraction of sp³-hybridized carbons (Fsp3) is 0.700. The Kier molecular flexibility index (Phi) is 2.12. The molecule has 2 atom stereocenters. The molecule has 13 heavy (non-hydrogen) atoms. The average molecular weight is 180 g/mol. The molecule has 72 valence electrons. The first-order chi connectivity index (χ1) is 6.18. The second-order valence-corrected chi connectivity index (χ2v) is 4.04. The van der Waals surface area contributed by atoms with Crippen molar-refractivity contribution in [3.63, 3.8) is 0 Å². The fourth-order valence-corrected chi connectivity index (χ4v) is 1.79. The lowest BCUT2D eigenvalue weighted by molar-refractivity contribution is 0.0428. The Bertz CT molecular complexity index is 254. The molecule has 0 spiro atoms. The Morgan fingerprint density at radius 3 is 2.77 bits per heavy atom. The molecule has 0 aromatic carbocycles. The van der Waals surface area contributed by atoms with Crippen LogP contribution in [0.3, 0.4) is 0 Å². The summed E-state index contributed by atoms with van der Waals surface area (Å²) in [6.07, 6.45) is 3.87. The van der Waals surface area contributed by atoms with Crippen molar-refractivity contribution >= 4 is 5.84 Å². The monoisotopic (exact) mass is 180 g/mol. The van der Waals surface area contributed by atoms with E-state index in [1.165, 1.54) is 0 Å². The van der Waals surface area contributed by atoms with Crippen LogP contribution < -0.4 is 0 Å². The van der Waals surface area contributed by atoms with E-state index in [9.17, 15) is 5.11 Å². The molecule has 0 aliphatic carbocycles. The van der Waals surface area contributed by atoms with Gasteiger partial charge in [0.1, 0.15) is 5.84 Å². The summed E-state index contributed by atoms with van der Waals surface area (Å²) in [6, 6.07) is 0. The van der Waals surface area contributed by atoms with Crippen molar-refractivity contribution < 1.29 is 5.11 Å². The van der Waals surface area contributed by atoms with Gasteiger partial charge in [-0.1, -0.05) is 19.9 Å². The number of aliphatic hydroxyl groups excluding tert-OH is 1. The highest BCUT2D eigenvalue weighted by atomic mass is 16.3. The normalized spacial score (nSPS) is 34.4. The summed E-state index contributed by atoms with van der Waals surface area (Å²) in [5.41, 5.74) is 0. The van der Waals surface area contributed by atoms with Crippen molar-refractivity contribution in [1.29, 1.82) is 0 Å². The Morgan fingerprint density at radius 2 is 2.15 bits per heavy atom. The third-order valence-electron chi connectivity index (χ3n) is 2.98. The van der Waals surface area contributed by atoms with Gasteiger partial charge in [-0.05, 0) is 5.92 Å². The smallest absolute Gasteiger partial charge is 0.108 e. The van der Waals surface area contributed by atoms with Crippen LogP contribution in [0.4, 0.5) is 0 Å². The van der Waals surface area contributed by atoms with Crippen LogP contribution in [-0.4, -0.2) is 35.0 Å². The van der Waals surface area contributed by atoms with Crippen molar-refractivity contribution in [2.75, 3.05) is 13.1 Å². The molecule has 3 heteroatoms. The predicted octanol–water partition coefficient (Wildman–Crippen LogP) is 0.861. The highest BCUT2D eigenvalue weighted by Gasteiger charge is 2.32. The first-order valence-electron chi connectivity index (χ1n) is 4.86. The minimum atomic E-state index is -0.142. The van der Waals surface area contributed by atoms with E-state index in [1.54, 1.807) is 0 Å². The van der Waals surface area contributed by atoms with Crippen LogP contribution in [0.15, 0.2) is 17.3 Å². The topological polar surface area (TPSA) is 35.8 Å². The third kappa shape index (κ3) is 1.48. The van der Waals surface area contributed by atoms with Crippen molar-refractivity contribution in [2.24, 2.45) is 16.8 Å². The third-order valence-corrected chi connectivity index (χ3v) is 2.98. The second-order valence-electron chi connectivity index (χ2n) is 4.04. The highest BCUT2D eigenvalue weighted by Crippen LogP contribution is 2.23. The van der Waals surface area contributed by atoms with Crippen LogP contribution in [-0.2, 0) is 0 Å². The van der Waals surface area contributed by atoms with E-state index in [1.807, 2.05) is 6.20 Å². The molecule has 2 aliphatic heterocycles. The predicted molar refractivity (Wildman–Crippen MR) is 52.5 cm³/mol. The Labute approximate surface area is 78.8 Å². The van der Waals surface area contributed by atoms with Crippen LogP contribution in [0, 0.1) is 11.8 Å². The Morgan fingerprint density at radius 1 is 1.46 bits per heavy atom. The SMILES string of the molecule is CC1C=CN=C(N2CC(O)C2)C1C. The van der Waals surface area contributed by atoms with E-state index >= 15 is 0 Å². The van der Waals surface area contributed by atoms with Crippen LogP contribution >= 0.6 is 0 Å². The zero-order valence-corrected chi connectivity index (χ0v) is 8.14. The molecular weight excluding hydrogens is 164 g/mol. The van der Waals surface area contributed by atoms with Gasteiger partial charge in [0, 0.05) is 25.2 Å². The van der Waals surface area contributed by atoms with E-state index in [-0.39, 0.29) is 6.10 Å². The lowest BCUT2D eigenvalue weighted by atomic mass is 9.91. The quantitative estimate of drug-likeness (QED) is 0.600. The molecule has 1 saturated heterocycles. The van der Waals surface area contributed by atoms with Gasteiger partial charge in [-0.15, -0.1) is 0 Å². The minimum Gasteiger partial charge on any atom is -0.389 e. The standard InChI is InChI=1S/C10H16N2O/c1-7-3-4-11-10(8(7)2)12-5-9(13)6-12/h3-4,7-9,13H,5-6H2,1-2H3. The molecule has 0 aromatic rings. The zero-order chi connectivity index (χ0) is 9.42. The van der Waals surface area contributed by atoms with Gasteiger partial charge >= 0.3 is 0 Å². The number of rotatable bonds is 0. The number of amidine groups is 1. The van der Waals surface area contributed by atoms with E-state index in [2.05, 4.69) is 29.8 Å². The van der Waals surface area contributed by atoms with Gasteiger partial charge in [-0.2, -0.15) is 0 Å². The van der Waals surface area contributed by atoms with Crippen molar-refractivity contribution in [3.8, 4) is 0 Å². The maximum Gasteiger partial charge on any atom is 0.108 e. The number of allylic oxidation sites excluding steroid dienone is 1. The summed E-state index contributed by atoms with van der Waals surface area (Å²) in [5, 5.41) is 9.19. The van der Waals surface area contributed by atoms with Crippen LogP contribution in [0.5, 0.6) is 0 Å². The van der Waals surface area contributed by atoms with Gasteiger partial charge in [-0.3, -0.25) is 0 Å². The summed E-state index contributed by atoms with van der Waals surface area (Å²) in [6.45, 7) is 5.90. The van der Waals surface area contributed by atoms with Gasteiger partial charge in [0.25, 0.3) is 0 Å². The fourth-order valence-electron chi connectivity index (χ4n) is 1.79. The number of β-amino-alcohol motifs (C(OH)–C–C–N with tert-alkyl or cyclic N) is 1. The van der Waals surface area contributed by atoms with Gasteiger partial charge in [0.15, 0.2) is 0 Å². The molecule has 0 bridgehead atoms. The summed E-state index contributed by atoms with van der Waals surface area (Å²) < 4.78 is 0. The second kappa shape index (κ2) is 3.14. The highest BCUT2D eigenvalue weighted by molar-refractivity contribution is 5.86. The van der Waals surface area contributed by atoms with Gasteiger partial charge in [0.2, 0.25) is 0 Å². The van der Waals surface area contributed by atoms with Gasteiger partial charge in [-0.25, -0.2) is 4.99 Å². The number of hydrogen-bond donors (Lipinski definition) is 1. The lowest BCUT2D eigenvalue weighted by Gasteiger charge is -2.41. The van der Waals surface area contributed by atoms with E-state index in [0.29, 0.717) is 11.8 Å². The van der Waals surface area contributed by atoms with Crippen molar-refractivity contribution in [3.05, 3.63) is 12.3 Å². The molecule has 1 N–H and O–H groups in total. The molecule has 0 amide bonds. The number of aliphatic hydroxyl groups is 1. The molecule has 0 saturated carbocycles. The maximum absolute atomic E-state index is 9.19. The maximum atomic E-state index is 9.19. The summed E-state index contributed by atoms with van der Waals surface area (Å²) in [7, 11) is 0. The van der Waals surface area contributed by atoms with Crippen LogP contribution in [0.1, 0.15) is 13.8 Å². The molecule has 1 fully saturated rings. The van der Waals surface area contributed by atoms with E-state index in [0.717, 1.165) is 18.9 Å². The first-order valence-corrected chi connectivity index (χ1v) is 4.86. The Hall–Kier alpha value is -0.830. The molecule has 2 aliphatic rings. The lowest BCUT2D eigenvalue weighted by Crippen LogP contribution is -2.55.